The van der Waals surface area contributed by atoms with Crippen LogP contribution in [0.1, 0.15) is 48.0 Å². The van der Waals surface area contributed by atoms with E-state index >= 15 is 0 Å². The summed E-state index contributed by atoms with van der Waals surface area (Å²) in [7, 11) is 0. The Bertz CT molecular complexity index is 1130. The maximum Gasteiger partial charge on any atom is 0.186 e. The Labute approximate surface area is 187 Å². The van der Waals surface area contributed by atoms with Gasteiger partial charge < -0.3 is 14.9 Å². The fourth-order valence-electron chi connectivity index (χ4n) is 3.87. The first-order valence-electron chi connectivity index (χ1n) is 10.1. The maximum atomic E-state index is 14.1. The van der Waals surface area contributed by atoms with Crippen LogP contribution >= 0.6 is 11.3 Å². The molecule has 1 aliphatic rings. The van der Waals surface area contributed by atoms with Gasteiger partial charge >= 0.3 is 0 Å². The van der Waals surface area contributed by atoms with Crippen molar-refractivity contribution in [3.8, 4) is 10.6 Å². The lowest BCUT2D eigenvalue weighted by molar-refractivity contribution is -0.214. The molecule has 3 aromatic rings. The van der Waals surface area contributed by atoms with Gasteiger partial charge in [-0.1, -0.05) is 6.07 Å². The van der Waals surface area contributed by atoms with Crippen molar-refractivity contribution in [3.63, 3.8) is 0 Å². The summed E-state index contributed by atoms with van der Waals surface area (Å²) in [6.07, 6.45) is 0.695. The number of carbonyl (C=O) groups is 1. The number of rotatable bonds is 5. The third-order valence-corrected chi connectivity index (χ3v) is 6.44. The van der Waals surface area contributed by atoms with E-state index in [-0.39, 0.29) is 34.9 Å². The molecule has 0 saturated carbocycles. The second kappa shape index (κ2) is 8.74. The summed E-state index contributed by atoms with van der Waals surface area (Å²) in [5.74, 6) is -1.83. The van der Waals surface area contributed by atoms with Crippen molar-refractivity contribution in [1.82, 2.24) is 9.97 Å². The Hall–Kier alpha value is -2.59. The lowest BCUT2D eigenvalue weighted by Gasteiger charge is -2.43. The molecule has 9 heteroatoms. The number of carbonyl (C=O) groups excluding carboxylic acids is 1. The molecule has 3 heterocycles. The number of aromatic nitrogens is 2. The summed E-state index contributed by atoms with van der Waals surface area (Å²) in [5, 5.41) is 22.0. The molecule has 168 valence electrons. The molecule has 3 atom stereocenters. The molecule has 0 amide bonds. The Morgan fingerprint density at radius 1 is 1.25 bits per heavy atom. The average molecular weight is 461 g/mol. The molecule has 1 fully saturated rings. The molecule has 6 nitrogen and oxygen atoms in total. The summed E-state index contributed by atoms with van der Waals surface area (Å²) < 4.78 is 34.1. The number of hydrogen-bond acceptors (Lipinski definition) is 7. The van der Waals surface area contributed by atoms with E-state index in [1.54, 1.807) is 32.3 Å². The molecule has 0 bridgehead atoms. The molecule has 32 heavy (non-hydrogen) atoms. The SMILES string of the molecule is CC1(C)O[C@H](c2ccncc2CC(=O)c2csc(-c3c(F)cccc3F)n2)C[C@@H](O)[C@H]1O. The van der Waals surface area contributed by atoms with Gasteiger partial charge in [0.2, 0.25) is 0 Å². The molecule has 0 aliphatic carbocycles. The van der Waals surface area contributed by atoms with Crippen molar-refractivity contribution in [2.24, 2.45) is 0 Å². The zero-order chi connectivity index (χ0) is 23.0. The second-order valence-electron chi connectivity index (χ2n) is 8.27. The number of halogens is 2. The van der Waals surface area contributed by atoms with Crippen LogP contribution in [-0.4, -0.2) is 43.8 Å². The third kappa shape index (κ3) is 4.33. The van der Waals surface area contributed by atoms with Gasteiger partial charge in [-0.2, -0.15) is 0 Å². The molecule has 1 saturated heterocycles. The van der Waals surface area contributed by atoms with E-state index in [0.717, 1.165) is 23.5 Å². The highest BCUT2D eigenvalue weighted by Crippen LogP contribution is 2.38. The summed E-state index contributed by atoms with van der Waals surface area (Å²) in [6, 6.07) is 5.26. The Kier molecular flexibility index (Phi) is 6.17. The molecule has 2 N–H and O–H groups in total. The summed E-state index contributed by atoms with van der Waals surface area (Å²) in [4.78, 5) is 21.2. The van der Waals surface area contributed by atoms with Crippen molar-refractivity contribution < 1.29 is 28.5 Å². The molecular weight excluding hydrogens is 438 g/mol. The van der Waals surface area contributed by atoms with Gasteiger partial charge in [0.15, 0.2) is 5.78 Å². The van der Waals surface area contributed by atoms with Crippen molar-refractivity contribution in [2.75, 3.05) is 0 Å². The number of pyridine rings is 1. The minimum Gasteiger partial charge on any atom is -0.390 e. The Balaban J connectivity index is 1.58. The predicted molar refractivity (Wildman–Crippen MR) is 114 cm³/mol. The van der Waals surface area contributed by atoms with Gasteiger partial charge in [0.25, 0.3) is 0 Å². The third-order valence-electron chi connectivity index (χ3n) is 5.58. The summed E-state index contributed by atoms with van der Waals surface area (Å²) in [5.41, 5.74) is 0.142. The van der Waals surface area contributed by atoms with Crippen LogP contribution in [0.2, 0.25) is 0 Å². The van der Waals surface area contributed by atoms with Gasteiger partial charge in [-0.3, -0.25) is 9.78 Å². The number of thiazole rings is 1. The van der Waals surface area contributed by atoms with E-state index in [2.05, 4.69) is 9.97 Å². The van der Waals surface area contributed by atoms with E-state index < -0.39 is 35.5 Å². The van der Waals surface area contributed by atoms with Crippen molar-refractivity contribution in [2.45, 2.75) is 50.6 Å². The van der Waals surface area contributed by atoms with Crippen LogP contribution in [0.3, 0.4) is 0 Å². The van der Waals surface area contributed by atoms with E-state index in [4.69, 9.17) is 4.74 Å². The topological polar surface area (TPSA) is 92.5 Å². The molecule has 2 aromatic heterocycles. The van der Waals surface area contributed by atoms with E-state index in [9.17, 15) is 23.8 Å². The molecular formula is C23H22F2N2O4S. The van der Waals surface area contributed by atoms with E-state index in [1.807, 2.05) is 0 Å². The lowest BCUT2D eigenvalue weighted by atomic mass is 9.86. The number of benzene rings is 1. The summed E-state index contributed by atoms with van der Waals surface area (Å²) in [6.45, 7) is 3.38. The van der Waals surface area contributed by atoms with E-state index in [1.165, 1.54) is 11.4 Å². The van der Waals surface area contributed by atoms with Gasteiger partial charge in [0.1, 0.15) is 28.4 Å². The minimum atomic E-state index is -1.03. The van der Waals surface area contributed by atoms with Crippen LogP contribution in [0, 0.1) is 11.6 Å². The zero-order valence-corrected chi connectivity index (χ0v) is 18.3. The molecule has 4 rings (SSSR count). The van der Waals surface area contributed by atoms with Crippen LogP contribution in [0.4, 0.5) is 8.78 Å². The quantitative estimate of drug-likeness (QED) is 0.562. The van der Waals surface area contributed by atoms with Crippen LogP contribution in [-0.2, 0) is 11.2 Å². The number of ether oxygens (including phenoxy) is 1. The van der Waals surface area contributed by atoms with Crippen LogP contribution in [0.25, 0.3) is 10.6 Å². The number of nitrogens with zero attached hydrogens (tertiary/aromatic N) is 2. The van der Waals surface area contributed by atoms with E-state index in [0.29, 0.717) is 11.1 Å². The number of hydrogen-bond donors (Lipinski definition) is 2. The fraction of sp³-hybridized carbons (Fsp3) is 0.348. The van der Waals surface area contributed by atoms with Gasteiger partial charge in [0.05, 0.1) is 23.4 Å². The number of ketones is 1. The summed E-state index contributed by atoms with van der Waals surface area (Å²) >= 11 is 0.989. The van der Waals surface area contributed by atoms with Crippen molar-refractivity contribution in [1.29, 1.82) is 0 Å². The Morgan fingerprint density at radius 3 is 2.66 bits per heavy atom. The van der Waals surface area contributed by atoms with Crippen LogP contribution in [0.15, 0.2) is 42.0 Å². The Morgan fingerprint density at radius 2 is 1.97 bits per heavy atom. The highest BCUT2D eigenvalue weighted by Gasteiger charge is 2.43. The number of aliphatic hydroxyl groups is 2. The molecule has 0 radical (unpaired) electrons. The molecule has 0 unspecified atom stereocenters. The average Bonchev–Trinajstić information content (AvgIpc) is 3.22. The molecule has 1 aliphatic heterocycles. The largest absolute Gasteiger partial charge is 0.390 e. The monoisotopic (exact) mass is 460 g/mol. The van der Waals surface area contributed by atoms with Gasteiger partial charge in [-0.25, -0.2) is 13.8 Å². The normalized spacial score (nSPS) is 22.6. The maximum absolute atomic E-state index is 14.1. The van der Waals surface area contributed by atoms with Gasteiger partial charge in [-0.15, -0.1) is 11.3 Å². The smallest absolute Gasteiger partial charge is 0.186 e. The fourth-order valence-corrected chi connectivity index (χ4v) is 4.74. The molecule has 1 aromatic carbocycles. The van der Waals surface area contributed by atoms with Crippen LogP contribution < -0.4 is 0 Å². The molecule has 0 spiro atoms. The predicted octanol–water partition coefficient (Wildman–Crippen LogP) is 3.87. The minimum absolute atomic E-state index is 0.0506. The number of Topliss-reactive ketones (excluding diaryl/α,β-unsaturated/α-hetero) is 1. The first-order valence-corrected chi connectivity index (χ1v) is 10.9. The van der Waals surface area contributed by atoms with Gasteiger partial charge in [0, 0.05) is 30.6 Å². The van der Waals surface area contributed by atoms with Gasteiger partial charge in [-0.05, 0) is 43.2 Å². The first kappa shape index (κ1) is 22.6. The highest BCUT2D eigenvalue weighted by molar-refractivity contribution is 7.13. The first-order chi connectivity index (χ1) is 15.2. The lowest BCUT2D eigenvalue weighted by Crippen LogP contribution is -2.52. The van der Waals surface area contributed by atoms with Crippen LogP contribution in [0.5, 0.6) is 0 Å². The van der Waals surface area contributed by atoms with Crippen molar-refractivity contribution in [3.05, 3.63) is 70.5 Å². The standard InChI is InChI=1S/C23H22F2N2O4S/c1-23(2)21(30)18(29)9-19(31-23)13-6-7-26-10-12(13)8-17(28)16-11-32-22(27-16)20-14(24)4-3-5-15(20)25/h3-7,10-11,18-19,21,29-30H,8-9H2,1-2H3/t18-,19+,21-/m1/s1. The van der Waals surface area contributed by atoms with Crippen molar-refractivity contribution >= 4 is 17.1 Å². The zero-order valence-electron chi connectivity index (χ0n) is 17.5. The highest BCUT2D eigenvalue weighted by atomic mass is 32.1. The number of aliphatic hydroxyl groups excluding tert-OH is 2. The second-order valence-corrected chi connectivity index (χ2v) is 9.12.